The van der Waals surface area contributed by atoms with Crippen LogP contribution in [0.3, 0.4) is 0 Å². The standard InChI is InChI=1S/C20H14N2O4S/c1-12-6-8-13(9-7-12)10-17-21-16(11-27-17)20(25)26-22-18(23)14-4-2-3-5-15(14)19(22)24/h2-9,11H,10H2,1H3. The van der Waals surface area contributed by atoms with Crippen molar-refractivity contribution in [3.05, 3.63) is 86.9 Å². The predicted molar refractivity (Wildman–Crippen MR) is 98.5 cm³/mol. The number of nitrogens with zero attached hydrogens (tertiary/aromatic N) is 2. The highest BCUT2D eigenvalue weighted by atomic mass is 32.1. The molecule has 1 aliphatic heterocycles. The van der Waals surface area contributed by atoms with Gasteiger partial charge in [0, 0.05) is 11.8 Å². The Labute approximate surface area is 159 Å². The second kappa shape index (κ2) is 6.77. The smallest absolute Gasteiger partial charge is 0.322 e. The lowest BCUT2D eigenvalue weighted by atomic mass is 10.1. The van der Waals surface area contributed by atoms with Gasteiger partial charge in [-0.3, -0.25) is 9.59 Å². The van der Waals surface area contributed by atoms with Gasteiger partial charge in [0.2, 0.25) is 0 Å². The van der Waals surface area contributed by atoms with Gasteiger partial charge in [-0.05, 0) is 24.6 Å². The Kier molecular flexibility index (Phi) is 4.29. The summed E-state index contributed by atoms with van der Waals surface area (Å²) in [6.07, 6.45) is 0.589. The number of thiazole rings is 1. The van der Waals surface area contributed by atoms with Crippen molar-refractivity contribution >= 4 is 29.1 Å². The molecule has 6 nitrogen and oxygen atoms in total. The van der Waals surface area contributed by atoms with E-state index in [4.69, 9.17) is 4.84 Å². The first kappa shape index (κ1) is 17.1. The van der Waals surface area contributed by atoms with Crippen molar-refractivity contribution in [2.45, 2.75) is 13.3 Å². The summed E-state index contributed by atoms with van der Waals surface area (Å²) >= 11 is 1.32. The molecular weight excluding hydrogens is 364 g/mol. The zero-order valence-corrected chi connectivity index (χ0v) is 15.2. The van der Waals surface area contributed by atoms with E-state index >= 15 is 0 Å². The van der Waals surface area contributed by atoms with Gasteiger partial charge in [-0.15, -0.1) is 11.3 Å². The molecule has 0 fully saturated rings. The van der Waals surface area contributed by atoms with Crippen molar-refractivity contribution in [2.75, 3.05) is 0 Å². The third-order valence-electron chi connectivity index (χ3n) is 4.17. The average molecular weight is 378 g/mol. The van der Waals surface area contributed by atoms with E-state index in [-0.39, 0.29) is 16.8 Å². The maximum absolute atomic E-state index is 12.3. The molecule has 134 valence electrons. The molecular formula is C20H14N2O4S. The molecule has 7 heteroatoms. The van der Waals surface area contributed by atoms with Crippen LogP contribution in [0.1, 0.15) is 47.3 Å². The zero-order valence-electron chi connectivity index (χ0n) is 14.3. The van der Waals surface area contributed by atoms with Crippen LogP contribution in [0.5, 0.6) is 0 Å². The molecule has 1 aromatic heterocycles. The molecule has 27 heavy (non-hydrogen) atoms. The van der Waals surface area contributed by atoms with Gasteiger partial charge in [-0.2, -0.15) is 0 Å². The topological polar surface area (TPSA) is 76.6 Å². The van der Waals surface area contributed by atoms with Gasteiger partial charge in [0.1, 0.15) is 0 Å². The first-order chi connectivity index (χ1) is 13.0. The van der Waals surface area contributed by atoms with Crippen LogP contribution >= 0.6 is 11.3 Å². The number of hydrogen-bond donors (Lipinski definition) is 0. The highest BCUT2D eigenvalue weighted by Gasteiger charge is 2.39. The molecule has 0 saturated carbocycles. The van der Waals surface area contributed by atoms with E-state index in [9.17, 15) is 14.4 Å². The molecule has 4 rings (SSSR count). The molecule has 0 atom stereocenters. The Morgan fingerprint density at radius 3 is 2.30 bits per heavy atom. The maximum Gasteiger partial charge on any atom is 0.383 e. The minimum absolute atomic E-state index is 0.0682. The van der Waals surface area contributed by atoms with Gasteiger partial charge in [-0.1, -0.05) is 47.0 Å². The van der Waals surface area contributed by atoms with E-state index in [1.54, 1.807) is 17.5 Å². The monoisotopic (exact) mass is 378 g/mol. The van der Waals surface area contributed by atoms with E-state index in [2.05, 4.69) is 4.98 Å². The van der Waals surface area contributed by atoms with Crippen LogP contribution in [0.4, 0.5) is 0 Å². The molecule has 0 aliphatic carbocycles. The molecule has 0 unspecified atom stereocenters. The zero-order chi connectivity index (χ0) is 19.0. The normalized spacial score (nSPS) is 13.0. The van der Waals surface area contributed by atoms with Crippen molar-refractivity contribution in [2.24, 2.45) is 0 Å². The minimum Gasteiger partial charge on any atom is -0.322 e. The SMILES string of the molecule is Cc1ccc(Cc2nc(C(=O)ON3C(=O)c4ccccc4C3=O)cs2)cc1. The first-order valence-corrected chi connectivity index (χ1v) is 9.11. The number of hydroxylamine groups is 2. The van der Waals surface area contributed by atoms with Crippen molar-refractivity contribution < 1.29 is 19.2 Å². The first-order valence-electron chi connectivity index (χ1n) is 8.23. The number of imide groups is 1. The lowest BCUT2D eigenvalue weighted by Gasteiger charge is -2.11. The van der Waals surface area contributed by atoms with Crippen LogP contribution < -0.4 is 0 Å². The number of fused-ring (bicyclic) bond motifs is 1. The quantitative estimate of drug-likeness (QED) is 0.650. The summed E-state index contributed by atoms with van der Waals surface area (Å²) in [5.74, 6) is -2.14. The van der Waals surface area contributed by atoms with Crippen molar-refractivity contribution in [1.29, 1.82) is 0 Å². The molecule has 0 spiro atoms. The van der Waals surface area contributed by atoms with E-state index < -0.39 is 17.8 Å². The molecule has 0 N–H and O–H groups in total. The second-order valence-electron chi connectivity index (χ2n) is 6.12. The molecule has 0 bridgehead atoms. The highest BCUT2D eigenvalue weighted by molar-refractivity contribution is 7.09. The van der Waals surface area contributed by atoms with Gasteiger partial charge in [-0.25, -0.2) is 9.78 Å². The summed E-state index contributed by atoms with van der Waals surface area (Å²) < 4.78 is 0. The number of aromatic nitrogens is 1. The minimum atomic E-state index is -0.837. The Balaban J connectivity index is 1.47. The Bertz CT molecular complexity index is 1020. The predicted octanol–water partition coefficient (Wildman–Crippen LogP) is 3.41. The fourth-order valence-electron chi connectivity index (χ4n) is 2.75. The second-order valence-corrected chi connectivity index (χ2v) is 7.06. The maximum atomic E-state index is 12.3. The lowest BCUT2D eigenvalue weighted by molar-refractivity contribution is -0.0588. The molecule has 3 aromatic rings. The largest absolute Gasteiger partial charge is 0.383 e. The molecule has 1 aliphatic rings. The Hall–Kier alpha value is -3.32. The van der Waals surface area contributed by atoms with Gasteiger partial charge >= 0.3 is 5.97 Å². The third kappa shape index (κ3) is 3.24. The summed E-state index contributed by atoms with van der Waals surface area (Å²) in [5, 5.41) is 2.80. The number of hydrogen-bond acceptors (Lipinski definition) is 6. The van der Waals surface area contributed by atoms with Crippen LogP contribution in [-0.2, 0) is 11.3 Å². The van der Waals surface area contributed by atoms with Crippen LogP contribution in [0.2, 0.25) is 0 Å². The van der Waals surface area contributed by atoms with Crippen LogP contribution in [0.15, 0.2) is 53.9 Å². The summed E-state index contributed by atoms with van der Waals surface area (Å²) in [6.45, 7) is 2.01. The third-order valence-corrected chi connectivity index (χ3v) is 5.02. The number of rotatable bonds is 4. The summed E-state index contributed by atoms with van der Waals surface area (Å²) in [5.41, 5.74) is 2.75. The van der Waals surface area contributed by atoms with E-state index in [1.807, 2.05) is 31.2 Å². The molecule has 2 amide bonds. The van der Waals surface area contributed by atoms with Gasteiger partial charge < -0.3 is 4.84 Å². The van der Waals surface area contributed by atoms with Gasteiger partial charge in [0.25, 0.3) is 11.8 Å². The fourth-order valence-corrected chi connectivity index (χ4v) is 3.54. The summed E-state index contributed by atoms with van der Waals surface area (Å²) in [7, 11) is 0. The van der Waals surface area contributed by atoms with Crippen molar-refractivity contribution in [1.82, 2.24) is 10.0 Å². The fraction of sp³-hybridized carbons (Fsp3) is 0.100. The molecule has 0 saturated heterocycles. The molecule has 2 heterocycles. The highest BCUT2D eigenvalue weighted by Crippen LogP contribution is 2.24. The summed E-state index contributed by atoms with van der Waals surface area (Å²) in [6, 6.07) is 14.4. The van der Waals surface area contributed by atoms with Gasteiger partial charge in [0.05, 0.1) is 16.1 Å². The van der Waals surface area contributed by atoms with Gasteiger partial charge in [0.15, 0.2) is 5.69 Å². The van der Waals surface area contributed by atoms with E-state index in [0.29, 0.717) is 11.5 Å². The Morgan fingerprint density at radius 2 is 1.67 bits per heavy atom. The lowest BCUT2D eigenvalue weighted by Crippen LogP contribution is -2.32. The molecule has 2 aromatic carbocycles. The van der Waals surface area contributed by atoms with Crippen LogP contribution in [0, 0.1) is 6.92 Å². The van der Waals surface area contributed by atoms with Crippen molar-refractivity contribution in [3.63, 3.8) is 0 Å². The van der Waals surface area contributed by atoms with Crippen LogP contribution in [0.25, 0.3) is 0 Å². The summed E-state index contributed by atoms with van der Waals surface area (Å²) in [4.78, 5) is 46.1. The number of benzene rings is 2. The average Bonchev–Trinajstić information content (AvgIpc) is 3.23. The Morgan fingerprint density at radius 1 is 1.04 bits per heavy atom. The van der Waals surface area contributed by atoms with E-state index in [1.165, 1.54) is 29.0 Å². The van der Waals surface area contributed by atoms with E-state index in [0.717, 1.165) is 10.6 Å². The number of carbonyl (C=O) groups is 3. The number of aryl methyl sites for hydroxylation is 1. The van der Waals surface area contributed by atoms with Crippen LogP contribution in [-0.4, -0.2) is 27.8 Å². The number of carbonyl (C=O) groups excluding carboxylic acids is 3. The van der Waals surface area contributed by atoms with Crippen molar-refractivity contribution in [3.8, 4) is 0 Å². The number of amides is 2. The molecule has 0 radical (unpaired) electrons.